The van der Waals surface area contributed by atoms with E-state index in [1.54, 1.807) is 39.0 Å². The lowest BCUT2D eigenvalue weighted by Gasteiger charge is -2.32. The maximum absolute atomic E-state index is 13.7. The summed E-state index contributed by atoms with van der Waals surface area (Å²) < 4.78 is 5.35. The number of aromatic hydroxyl groups is 1. The summed E-state index contributed by atoms with van der Waals surface area (Å²) in [5.41, 5.74) is 1.94. The average molecular weight is 516 g/mol. The highest BCUT2D eigenvalue weighted by molar-refractivity contribution is 7.98. The van der Waals surface area contributed by atoms with Crippen molar-refractivity contribution in [3.05, 3.63) is 59.2 Å². The first-order valence-corrected chi connectivity index (χ1v) is 13.1. The first-order valence-electron chi connectivity index (χ1n) is 11.8. The van der Waals surface area contributed by atoms with E-state index in [-0.39, 0.29) is 11.3 Å². The summed E-state index contributed by atoms with van der Waals surface area (Å²) in [6.45, 7) is 8.99. The number of thioether (sulfide) groups is 1. The van der Waals surface area contributed by atoms with Crippen LogP contribution in [0.3, 0.4) is 0 Å². The summed E-state index contributed by atoms with van der Waals surface area (Å²) >= 11 is 1.54. The van der Waals surface area contributed by atoms with E-state index in [1.165, 1.54) is 29.8 Å². The quantitative estimate of drug-likeness (QED) is 0.443. The minimum atomic E-state index is -1.14. The lowest BCUT2D eigenvalue weighted by Crippen LogP contribution is -2.51. The van der Waals surface area contributed by atoms with Gasteiger partial charge in [0.05, 0.1) is 0 Å². The van der Waals surface area contributed by atoms with Crippen LogP contribution in [0.2, 0.25) is 0 Å². The summed E-state index contributed by atoms with van der Waals surface area (Å²) in [4.78, 5) is 41.0. The van der Waals surface area contributed by atoms with E-state index in [0.717, 1.165) is 11.1 Å². The van der Waals surface area contributed by atoms with E-state index in [9.17, 15) is 19.5 Å². The molecule has 0 aliphatic heterocycles. The number of nitrogens with zero attached hydrogens (tertiary/aromatic N) is 1. The lowest BCUT2D eigenvalue weighted by molar-refractivity contribution is -0.139. The van der Waals surface area contributed by atoms with E-state index < -0.39 is 35.6 Å². The van der Waals surface area contributed by atoms with Gasteiger partial charge in [-0.25, -0.2) is 4.79 Å². The zero-order valence-corrected chi connectivity index (χ0v) is 22.9. The Hall–Kier alpha value is -3.20. The Bertz CT molecular complexity index is 1060. The van der Waals surface area contributed by atoms with Crippen molar-refractivity contribution in [1.29, 1.82) is 0 Å². The fourth-order valence-electron chi connectivity index (χ4n) is 3.76. The van der Waals surface area contributed by atoms with Gasteiger partial charge in [-0.15, -0.1) is 0 Å². The van der Waals surface area contributed by atoms with Crippen LogP contribution in [-0.4, -0.2) is 58.6 Å². The van der Waals surface area contributed by atoms with Crippen molar-refractivity contribution in [2.45, 2.75) is 58.7 Å². The number of phenols is 1. The third-order valence-corrected chi connectivity index (χ3v) is 6.19. The van der Waals surface area contributed by atoms with Gasteiger partial charge < -0.3 is 25.4 Å². The molecule has 36 heavy (non-hydrogen) atoms. The zero-order valence-electron chi connectivity index (χ0n) is 22.0. The molecule has 0 saturated heterocycles. The molecule has 2 aromatic rings. The number of nitrogens with one attached hydrogen (secondary N) is 2. The number of likely N-dealkylation sites (N-methyl/N-ethyl adjacent to an activating group) is 1. The maximum atomic E-state index is 13.7. The van der Waals surface area contributed by atoms with Crippen molar-refractivity contribution >= 4 is 35.4 Å². The van der Waals surface area contributed by atoms with Gasteiger partial charge in [0.1, 0.15) is 23.4 Å². The van der Waals surface area contributed by atoms with Gasteiger partial charge in [-0.05, 0) is 70.2 Å². The van der Waals surface area contributed by atoms with Gasteiger partial charge in [-0.1, -0.05) is 36.4 Å². The second-order valence-corrected chi connectivity index (χ2v) is 10.6. The topological polar surface area (TPSA) is 108 Å². The molecule has 2 unspecified atom stereocenters. The van der Waals surface area contributed by atoms with E-state index in [4.69, 9.17) is 4.74 Å². The van der Waals surface area contributed by atoms with Crippen LogP contribution in [-0.2, 0) is 14.3 Å². The van der Waals surface area contributed by atoms with E-state index in [0.29, 0.717) is 17.9 Å². The van der Waals surface area contributed by atoms with Crippen LogP contribution in [0.4, 0.5) is 10.5 Å². The number of carbonyl (C=O) groups excluding carboxylic acids is 3. The number of para-hydroxylation sites is 2. The minimum absolute atomic E-state index is 0.112. The Morgan fingerprint density at radius 2 is 1.67 bits per heavy atom. The molecule has 0 fully saturated rings. The van der Waals surface area contributed by atoms with Gasteiger partial charge in [0.2, 0.25) is 5.91 Å². The van der Waals surface area contributed by atoms with Crippen molar-refractivity contribution in [1.82, 2.24) is 10.2 Å². The number of anilines is 1. The summed E-state index contributed by atoms with van der Waals surface area (Å²) in [6, 6.07) is 10.0. The summed E-state index contributed by atoms with van der Waals surface area (Å²) in [6.07, 6.45) is 1.53. The van der Waals surface area contributed by atoms with E-state index in [1.807, 2.05) is 38.3 Å². The highest BCUT2D eigenvalue weighted by Gasteiger charge is 2.35. The molecule has 0 aliphatic carbocycles. The molecule has 0 saturated carbocycles. The number of phenolic OH excluding ortho intramolecular Hbond substituents is 1. The molecule has 0 aliphatic rings. The molecule has 9 heteroatoms. The molecule has 0 spiro atoms. The van der Waals surface area contributed by atoms with Crippen molar-refractivity contribution in [3.63, 3.8) is 0 Å². The number of carbonyl (C=O) groups is 3. The molecule has 196 valence electrons. The number of benzene rings is 2. The second-order valence-electron chi connectivity index (χ2n) is 9.65. The number of aryl methyl sites for hydroxylation is 2. The zero-order chi connectivity index (χ0) is 27.0. The summed E-state index contributed by atoms with van der Waals surface area (Å²) in [7, 11) is 1.49. The highest BCUT2D eigenvalue weighted by atomic mass is 32.2. The third kappa shape index (κ3) is 7.91. The van der Waals surface area contributed by atoms with Crippen molar-refractivity contribution in [2.24, 2.45) is 0 Å². The smallest absolute Gasteiger partial charge is 0.408 e. The molecule has 3 amide bonds. The largest absolute Gasteiger partial charge is 0.508 e. The van der Waals surface area contributed by atoms with E-state index >= 15 is 0 Å². The number of amides is 3. The lowest BCUT2D eigenvalue weighted by atomic mass is 10.0. The first kappa shape index (κ1) is 29.0. The Morgan fingerprint density at radius 3 is 2.22 bits per heavy atom. The number of hydrogen-bond donors (Lipinski definition) is 3. The van der Waals surface area contributed by atoms with Gasteiger partial charge in [0, 0.05) is 18.3 Å². The fraction of sp³-hybridized carbons (Fsp3) is 0.444. The second kappa shape index (κ2) is 12.7. The number of alkyl carbamates (subject to hydrolysis) is 1. The van der Waals surface area contributed by atoms with Gasteiger partial charge in [0.15, 0.2) is 0 Å². The van der Waals surface area contributed by atoms with Crippen LogP contribution in [0.5, 0.6) is 5.75 Å². The molecule has 0 heterocycles. The van der Waals surface area contributed by atoms with Crippen molar-refractivity contribution < 1.29 is 24.2 Å². The number of ether oxygens (including phenoxy) is 1. The standard InChI is InChI=1S/C27H37N3O5S/c1-17-11-10-12-18(2)22(17)29-24(32)23(19-13-8-9-14-21(19)31)30(6)25(33)20(15-16-36-7)28-26(34)35-27(3,4)5/h8-14,20,23,31H,15-16H2,1-7H3,(H,28,34)(H,29,32). The fourth-order valence-corrected chi connectivity index (χ4v) is 4.24. The predicted molar refractivity (Wildman–Crippen MR) is 144 cm³/mol. The van der Waals surface area contributed by atoms with Crippen molar-refractivity contribution in [2.75, 3.05) is 24.4 Å². The van der Waals surface area contributed by atoms with Crippen molar-refractivity contribution in [3.8, 4) is 5.75 Å². The van der Waals surface area contributed by atoms with Crippen LogP contribution in [0.25, 0.3) is 0 Å². The normalized spacial score (nSPS) is 12.9. The average Bonchev–Trinajstić information content (AvgIpc) is 2.78. The molecular weight excluding hydrogens is 478 g/mol. The molecular formula is C27H37N3O5S. The molecule has 0 aromatic heterocycles. The van der Waals surface area contributed by atoms with Crippen LogP contribution in [0, 0.1) is 13.8 Å². The molecule has 0 bridgehead atoms. The van der Waals surface area contributed by atoms with Crippen LogP contribution < -0.4 is 10.6 Å². The summed E-state index contributed by atoms with van der Waals surface area (Å²) in [5.74, 6) is -0.458. The molecule has 2 rings (SSSR count). The maximum Gasteiger partial charge on any atom is 0.408 e. The monoisotopic (exact) mass is 515 g/mol. The number of hydrogen-bond acceptors (Lipinski definition) is 6. The SMILES string of the molecule is CSCCC(NC(=O)OC(C)(C)C)C(=O)N(C)C(C(=O)Nc1c(C)cccc1C)c1ccccc1O. The molecule has 2 aromatic carbocycles. The van der Waals surface area contributed by atoms with Gasteiger partial charge in [-0.3, -0.25) is 9.59 Å². The van der Waals surface area contributed by atoms with Gasteiger partial charge in [-0.2, -0.15) is 11.8 Å². The molecule has 0 radical (unpaired) electrons. The Morgan fingerprint density at radius 1 is 1.06 bits per heavy atom. The minimum Gasteiger partial charge on any atom is -0.508 e. The van der Waals surface area contributed by atoms with Gasteiger partial charge in [0.25, 0.3) is 5.91 Å². The third-order valence-electron chi connectivity index (χ3n) is 5.54. The van der Waals surface area contributed by atoms with Crippen LogP contribution >= 0.6 is 11.8 Å². The molecule has 2 atom stereocenters. The Labute approximate surface area is 217 Å². The predicted octanol–water partition coefficient (Wildman–Crippen LogP) is 4.79. The van der Waals surface area contributed by atoms with Crippen LogP contribution in [0.15, 0.2) is 42.5 Å². The summed E-state index contributed by atoms with van der Waals surface area (Å²) in [5, 5.41) is 16.2. The van der Waals surface area contributed by atoms with Gasteiger partial charge >= 0.3 is 6.09 Å². The van der Waals surface area contributed by atoms with Crippen LogP contribution in [0.1, 0.15) is 49.9 Å². The molecule has 8 nitrogen and oxygen atoms in total. The Kier molecular flexibility index (Phi) is 10.2. The molecule has 3 N–H and O–H groups in total. The number of rotatable bonds is 9. The first-order chi connectivity index (χ1) is 16.9. The highest BCUT2D eigenvalue weighted by Crippen LogP contribution is 2.31. The Balaban J connectivity index is 2.42. The van der Waals surface area contributed by atoms with E-state index in [2.05, 4.69) is 10.6 Å².